The molecule has 1 aromatic carbocycles. The average molecular weight is 323 g/mol. The van der Waals surface area contributed by atoms with Crippen molar-refractivity contribution in [3.05, 3.63) is 59.4 Å². The fourth-order valence-electron chi connectivity index (χ4n) is 2.78. The van der Waals surface area contributed by atoms with E-state index in [0.29, 0.717) is 24.6 Å². The fraction of sp³-hybridized carbons (Fsp3) is 0.278. The normalized spacial score (nSPS) is 13.4. The van der Waals surface area contributed by atoms with E-state index >= 15 is 0 Å². The number of nitrogens with two attached hydrogens (primary N) is 1. The quantitative estimate of drug-likeness (QED) is 0.444. The molecule has 0 radical (unpaired) electrons. The van der Waals surface area contributed by atoms with Gasteiger partial charge in [-0.1, -0.05) is 6.07 Å². The molecule has 0 unspecified atom stereocenters. The molecule has 0 spiro atoms. The summed E-state index contributed by atoms with van der Waals surface area (Å²) in [6, 6.07) is 9.75. The number of aryl methyl sites for hydroxylation is 2. The highest BCUT2D eigenvalue weighted by Gasteiger charge is 2.10. The molecular weight excluding hydrogens is 302 g/mol. The Morgan fingerprint density at radius 1 is 1.25 bits per heavy atom. The molecule has 1 aliphatic rings. The van der Waals surface area contributed by atoms with E-state index < -0.39 is 0 Å². The molecule has 124 valence electrons. The number of nitrogens with one attached hydrogen (secondary N) is 2. The second kappa shape index (κ2) is 7.59. The van der Waals surface area contributed by atoms with Crippen molar-refractivity contribution in [3.8, 4) is 0 Å². The number of guanidine groups is 1. The van der Waals surface area contributed by atoms with Crippen LogP contribution in [-0.2, 0) is 12.8 Å². The molecule has 0 aliphatic heterocycles. The second-order valence-electron chi connectivity index (χ2n) is 5.73. The van der Waals surface area contributed by atoms with Gasteiger partial charge in [0.05, 0.1) is 12.1 Å². The van der Waals surface area contributed by atoms with E-state index in [1.54, 1.807) is 18.3 Å². The molecule has 0 atom stereocenters. The van der Waals surface area contributed by atoms with Gasteiger partial charge in [0.25, 0.3) is 5.91 Å². The third-order valence-corrected chi connectivity index (χ3v) is 3.97. The summed E-state index contributed by atoms with van der Waals surface area (Å²) in [5, 5.41) is 5.88. The van der Waals surface area contributed by atoms with Gasteiger partial charge in [0.1, 0.15) is 0 Å². The minimum atomic E-state index is -0.163. The Balaban J connectivity index is 1.46. The van der Waals surface area contributed by atoms with Gasteiger partial charge in [0, 0.05) is 24.6 Å². The summed E-state index contributed by atoms with van der Waals surface area (Å²) < 4.78 is 0. The number of pyridine rings is 1. The molecule has 3 rings (SSSR count). The van der Waals surface area contributed by atoms with Crippen LogP contribution in [0, 0.1) is 0 Å². The first-order valence-electron chi connectivity index (χ1n) is 8.09. The number of amides is 1. The lowest BCUT2D eigenvalue weighted by Crippen LogP contribution is -2.28. The lowest BCUT2D eigenvalue weighted by atomic mass is 10.1. The second-order valence-corrected chi connectivity index (χ2v) is 5.73. The number of anilines is 1. The van der Waals surface area contributed by atoms with Gasteiger partial charge in [-0.2, -0.15) is 0 Å². The van der Waals surface area contributed by atoms with Crippen LogP contribution in [0.3, 0.4) is 0 Å². The molecule has 6 heteroatoms. The maximum absolute atomic E-state index is 11.8. The van der Waals surface area contributed by atoms with Crippen molar-refractivity contribution in [2.75, 3.05) is 18.4 Å². The Morgan fingerprint density at radius 3 is 2.96 bits per heavy atom. The number of hydrogen-bond acceptors (Lipinski definition) is 3. The minimum Gasteiger partial charge on any atom is -0.370 e. The number of fused-ring (bicyclic) bond motifs is 1. The zero-order valence-electron chi connectivity index (χ0n) is 13.5. The molecule has 4 N–H and O–H groups in total. The number of aliphatic imine (C=N–C) groups is 1. The van der Waals surface area contributed by atoms with Gasteiger partial charge in [-0.3, -0.25) is 14.8 Å². The molecule has 6 nitrogen and oxygen atoms in total. The molecule has 2 aromatic rings. The van der Waals surface area contributed by atoms with Crippen LogP contribution in [0.2, 0.25) is 0 Å². The number of benzene rings is 1. The van der Waals surface area contributed by atoms with Crippen molar-refractivity contribution in [2.45, 2.75) is 19.3 Å². The molecule has 1 aromatic heterocycles. The highest BCUT2D eigenvalue weighted by molar-refractivity contribution is 5.94. The number of aromatic nitrogens is 1. The Labute approximate surface area is 141 Å². The van der Waals surface area contributed by atoms with E-state index in [1.165, 1.54) is 23.7 Å². The molecule has 0 saturated heterocycles. The Kier molecular flexibility index (Phi) is 5.05. The minimum absolute atomic E-state index is 0.163. The zero-order valence-corrected chi connectivity index (χ0v) is 13.5. The van der Waals surface area contributed by atoms with Crippen molar-refractivity contribution in [3.63, 3.8) is 0 Å². The number of rotatable bonds is 5. The Bertz CT molecular complexity index is 742. The van der Waals surface area contributed by atoms with Gasteiger partial charge >= 0.3 is 0 Å². The first kappa shape index (κ1) is 16.0. The molecular formula is C18H21N5O. The smallest absolute Gasteiger partial charge is 0.252 e. The number of carbonyl (C=O) groups is 1. The molecule has 0 fully saturated rings. The van der Waals surface area contributed by atoms with Gasteiger partial charge in [-0.15, -0.1) is 0 Å². The van der Waals surface area contributed by atoms with Crippen molar-refractivity contribution in [2.24, 2.45) is 10.7 Å². The van der Waals surface area contributed by atoms with E-state index in [4.69, 9.17) is 5.73 Å². The monoisotopic (exact) mass is 323 g/mol. The standard InChI is InChI=1S/C18H21N5O/c19-18(23-16-7-6-13-3-1-4-14(13)11-16)22-10-9-21-17(24)15-5-2-8-20-12-15/h2,5-8,11-12H,1,3-4,9-10H2,(H,21,24)(H3,19,22,23). The van der Waals surface area contributed by atoms with Crippen LogP contribution in [0.15, 0.2) is 47.7 Å². The van der Waals surface area contributed by atoms with E-state index in [1.807, 2.05) is 6.07 Å². The SMILES string of the molecule is NC(=NCCNC(=O)c1cccnc1)Nc1ccc2c(c1)CCC2. The highest BCUT2D eigenvalue weighted by atomic mass is 16.1. The van der Waals surface area contributed by atoms with Gasteiger partial charge in [-0.25, -0.2) is 0 Å². The maximum Gasteiger partial charge on any atom is 0.252 e. The molecule has 1 amide bonds. The number of carbonyl (C=O) groups excluding carboxylic acids is 1. The fourth-order valence-corrected chi connectivity index (χ4v) is 2.78. The highest BCUT2D eigenvalue weighted by Crippen LogP contribution is 2.24. The topological polar surface area (TPSA) is 92.4 Å². The van der Waals surface area contributed by atoms with Gasteiger partial charge < -0.3 is 16.4 Å². The molecule has 1 aliphatic carbocycles. The first-order chi connectivity index (χ1) is 11.7. The number of nitrogens with zero attached hydrogens (tertiary/aromatic N) is 2. The van der Waals surface area contributed by atoms with Crippen molar-refractivity contribution in [1.29, 1.82) is 0 Å². The molecule has 0 bridgehead atoms. The third kappa shape index (κ3) is 4.10. The van der Waals surface area contributed by atoms with Crippen molar-refractivity contribution in [1.82, 2.24) is 10.3 Å². The summed E-state index contributed by atoms with van der Waals surface area (Å²) in [5.41, 5.74) is 10.2. The summed E-state index contributed by atoms with van der Waals surface area (Å²) in [6.45, 7) is 0.829. The van der Waals surface area contributed by atoms with Crippen molar-refractivity contribution >= 4 is 17.6 Å². The Hall–Kier alpha value is -2.89. The van der Waals surface area contributed by atoms with E-state index in [2.05, 4.69) is 32.7 Å². The predicted octanol–water partition coefficient (Wildman–Crippen LogP) is 1.73. The van der Waals surface area contributed by atoms with Gasteiger partial charge in [0.2, 0.25) is 0 Å². The summed E-state index contributed by atoms with van der Waals surface area (Å²) in [6.07, 6.45) is 6.67. The zero-order chi connectivity index (χ0) is 16.8. The maximum atomic E-state index is 11.8. The predicted molar refractivity (Wildman–Crippen MR) is 95.1 cm³/mol. The van der Waals surface area contributed by atoms with E-state index in [0.717, 1.165) is 18.5 Å². The number of hydrogen-bond donors (Lipinski definition) is 3. The van der Waals surface area contributed by atoms with Crippen LogP contribution in [0.1, 0.15) is 27.9 Å². The van der Waals surface area contributed by atoms with Crippen LogP contribution in [0.4, 0.5) is 5.69 Å². The first-order valence-corrected chi connectivity index (χ1v) is 8.09. The van der Waals surface area contributed by atoms with Crippen LogP contribution < -0.4 is 16.4 Å². The van der Waals surface area contributed by atoms with E-state index in [9.17, 15) is 4.79 Å². The van der Waals surface area contributed by atoms with Crippen LogP contribution >= 0.6 is 0 Å². The van der Waals surface area contributed by atoms with Crippen molar-refractivity contribution < 1.29 is 4.79 Å². The van der Waals surface area contributed by atoms with Crippen LogP contribution in [-0.4, -0.2) is 29.9 Å². The third-order valence-electron chi connectivity index (χ3n) is 3.97. The largest absolute Gasteiger partial charge is 0.370 e. The van der Waals surface area contributed by atoms with Gasteiger partial charge in [0.15, 0.2) is 5.96 Å². The molecule has 1 heterocycles. The lowest BCUT2D eigenvalue weighted by molar-refractivity contribution is 0.0954. The average Bonchev–Trinajstić information content (AvgIpc) is 3.07. The van der Waals surface area contributed by atoms with Crippen LogP contribution in [0.5, 0.6) is 0 Å². The van der Waals surface area contributed by atoms with E-state index in [-0.39, 0.29) is 5.91 Å². The summed E-state index contributed by atoms with van der Waals surface area (Å²) in [7, 11) is 0. The lowest BCUT2D eigenvalue weighted by Gasteiger charge is -2.08. The van der Waals surface area contributed by atoms with Gasteiger partial charge in [-0.05, 0) is 54.7 Å². The summed E-state index contributed by atoms with van der Waals surface area (Å²) in [5.74, 6) is 0.187. The summed E-state index contributed by atoms with van der Waals surface area (Å²) >= 11 is 0. The Morgan fingerprint density at radius 2 is 2.12 bits per heavy atom. The summed E-state index contributed by atoms with van der Waals surface area (Å²) in [4.78, 5) is 20.0. The molecule has 24 heavy (non-hydrogen) atoms. The molecule has 0 saturated carbocycles. The van der Waals surface area contributed by atoms with Crippen LogP contribution in [0.25, 0.3) is 0 Å².